The predicted molar refractivity (Wildman–Crippen MR) is 90.6 cm³/mol. The summed E-state index contributed by atoms with van der Waals surface area (Å²) < 4.78 is 26.9. The van der Waals surface area contributed by atoms with Gasteiger partial charge in [-0.2, -0.15) is 4.57 Å². The Morgan fingerprint density at radius 1 is 0.960 bits per heavy atom. The van der Waals surface area contributed by atoms with Crippen molar-refractivity contribution in [3.63, 3.8) is 0 Å². The lowest BCUT2D eigenvalue weighted by Gasteiger charge is -2.11. The molecule has 1 atom stereocenters. The normalized spacial score (nSPS) is 20.0. The lowest BCUT2D eigenvalue weighted by atomic mass is 10.1. The Hall–Kier alpha value is -2.99. The zero-order valence-corrected chi connectivity index (χ0v) is 13.7. The minimum Gasteiger partial charge on any atom is -0.507 e. The summed E-state index contributed by atoms with van der Waals surface area (Å²) in [5.41, 5.74) is 1.00. The molecule has 2 N–H and O–H groups in total. The third kappa shape index (κ3) is 2.81. The number of benzene rings is 2. The van der Waals surface area contributed by atoms with Crippen molar-refractivity contribution in [3.8, 4) is 28.7 Å². The molecule has 1 unspecified atom stereocenters. The molecule has 0 fully saturated rings. The van der Waals surface area contributed by atoms with Gasteiger partial charge in [0.15, 0.2) is 11.5 Å². The maximum Gasteiger partial charge on any atom is 0.647 e. The highest BCUT2D eigenvalue weighted by Gasteiger charge is 2.51. The van der Waals surface area contributed by atoms with Crippen molar-refractivity contribution < 1.29 is 28.3 Å². The molecule has 2 aromatic carbocycles. The topological polar surface area (TPSA) is 110 Å². The number of phosphoric acid groups is 1. The number of nitrogens with zero attached hydrogens (tertiary/aromatic N) is 2. The Morgan fingerprint density at radius 2 is 1.64 bits per heavy atom. The molecular formula is C16H13N2O6P. The van der Waals surface area contributed by atoms with Crippen LogP contribution < -0.4 is 13.6 Å². The van der Waals surface area contributed by atoms with Crippen LogP contribution in [-0.2, 0) is 4.57 Å². The van der Waals surface area contributed by atoms with Gasteiger partial charge in [0.25, 0.3) is 0 Å². The van der Waals surface area contributed by atoms with E-state index >= 15 is 0 Å². The van der Waals surface area contributed by atoms with Crippen molar-refractivity contribution >= 4 is 20.3 Å². The van der Waals surface area contributed by atoms with Gasteiger partial charge in [0.2, 0.25) is 11.5 Å². The Kier molecular flexibility index (Phi) is 3.62. The van der Waals surface area contributed by atoms with Gasteiger partial charge in [-0.15, -0.1) is 0 Å². The quantitative estimate of drug-likeness (QED) is 0.482. The van der Waals surface area contributed by atoms with Crippen molar-refractivity contribution in [2.75, 3.05) is 13.1 Å². The first-order valence-corrected chi connectivity index (χ1v) is 8.88. The predicted octanol–water partition coefficient (Wildman–Crippen LogP) is 2.91. The first-order valence-electron chi connectivity index (χ1n) is 7.42. The van der Waals surface area contributed by atoms with E-state index in [0.717, 1.165) is 0 Å². The highest BCUT2D eigenvalue weighted by atomic mass is 31.2. The molecule has 0 amide bonds. The lowest BCUT2D eigenvalue weighted by Crippen LogP contribution is -1.99. The molecule has 0 radical (unpaired) electrons. The fourth-order valence-corrected chi connectivity index (χ4v) is 3.68. The van der Waals surface area contributed by atoms with Crippen LogP contribution in [0.1, 0.15) is 11.1 Å². The number of phosphoric ester groups is 1. The lowest BCUT2D eigenvalue weighted by molar-refractivity contribution is 0.345. The van der Waals surface area contributed by atoms with Crippen LogP contribution in [0.3, 0.4) is 0 Å². The molecule has 128 valence electrons. The number of phenols is 2. The number of phenolic OH excluding ortho intramolecular Hbond substituents is 2. The standard InChI is InChI=1S/C16H13N2O6P/c19-12-4-2-1-3-10(12)8-17-5-6-18-9-11-7-13-15-16(14(11)20)24-25(21,22-13)23-15/h1-4,7-9,19-20H,5-6H2. The molecule has 0 saturated heterocycles. The van der Waals surface area contributed by atoms with E-state index < -0.39 is 7.82 Å². The zero-order chi connectivity index (χ0) is 17.4. The fraction of sp³-hybridized carbons (Fsp3) is 0.125. The summed E-state index contributed by atoms with van der Waals surface area (Å²) in [6, 6.07) is 8.38. The Labute approximate surface area is 142 Å². The van der Waals surface area contributed by atoms with Crippen LogP contribution >= 0.6 is 7.82 Å². The van der Waals surface area contributed by atoms with E-state index in [4.69, 9.17) is 13.6 Å². The molecule has 2 aliphatic rings. The molecule has 0 spiro atoms. The van der Waals surface area contributed by atoms with Gasteiger partial charge >= 0.3 is 7.82 Å². The van der Waals surface area contributed by atoms with Gasteiger partial charge in [-0.05, 0) is 18.2 Å². The average Bonchev–Trinajstić information content (AvgIpc) is 3.10. The van der Waals surface area contributed by atoms with E-state index in [9.17, 15) is 14.8 Å². The molecule has 4 rings (SSSR count). The molecule has 2 aromatic rings. The molecule has 8 nitrogen and oxygen atoms in total. The van der Waals surface area contributed by atoms with Gasteiger partial charge in [-0.1, -0.05) is 12.1 Å². The van der Waals surface area contributed by atoms with E-state index in [-0.39, 0.29) is 28.7 Å². The molecule has 0 aliphatic carbocycles. The third-order valence-corrected chi connectivity index (χ3v) is 4.81. The van der Waals surface area contributed by atoms with Crippen LogP contribution in [0.5, 0.6) is 28.7 Å². The van der Waals surface area contributed by atoms with Crippen LogP contribution in [0.4, 0.5) is 0 Å². The second-order valence-corrected chi connectivity index (χ2v) is 6.76. The largest absolute Gasteiger partial charge is 0.647 e. The second kappa shape index (κ2) is 5.82. The molecule has 9 heteroatoms. The molecule has 2 aliphatic heterocycles. The Bertz CT molecular complexity index is 956. The van der Waals surface area contributed by atoms with Gasteiger partial charge in [0.1, 0.15) is 5.75 Å². The average molecular weight is 360 g/mol. The van der Waals surface area contributed by atoms with Crippen LogP contribution in [0.15, 0.2) is 40.3 Å². The van der Waals surface area contributed by atoms with Crippen LogP contribution in [0, 0.1) is 0 Å². The Morgan fingerprint density at radius 3 is 2.36 bits per heavy atom. The number of aliphatic imine (C=N–C) groups is 2. The van der Waals surface area contributed by atoms with Crippen molar-refractivity contribution in [3.05, 3.63) is 41.5 Å². The molecule has 25 heavy (non-hydrogen) atoms. The number of fused-ring (bicyclic) bond motifs is 1. The minimum atomic E-state index is -3.61. The van der Waals surface area contributed by atoms with Gasteiger partial charge in [0.05, 0.1) is 13.1 Å². The van der Waals surface area contributed by atoms with Crippen LogP contribution in [0.25, 0.3) is 0 Å². The summed E-state index contributed by atoms with van der Waals surface area (Å²) in [7, 11) is -3.61. The first kappa shape index (κ1) is 15.5. The van der Waals surface area contributed by atoms with Gasteiger partial charge in [0, 0.05) is 23.6 Å². The first-order chi connectivity index (χ1) is 12.1. The van der Waals surface area contributed by atoms with Crippen molar-refractivity contribution in [2.45, 2.75) is 0 Å². The van der Waals surface area contributed by atoms with E-state index in [1.807, 2.05) is 6.07 Å². The minimum absolute atomic E-state index is 0.0195. The molecule has 0 saturated carbocycles. The summed E-state index contributed by atoms with van der Waals surface area (Å²) >= 11 is 0. The van der Waals surface area contributed by atoms with Gasteiger partial charge in [-0.3, -0.25) is 9.98 Å². The van der Waals surface area contributed by atoms with Gasteiger partial charge < -0.3 is 23.8 Å². The summed E-state index contributed by atoms with van der Waals surface area (Å²) in [5, 5.41) is 19.7. The highest BCUT2D eigenvalue weighted by molar-refractivity contribution is 7.50. The monoisotopic (exact) mass is 360 g/mol. The number of hydrogen-bond acceptors (Lipinski definition) is 8. The van der Waals surface area contributed by atoms with Crippen LogP contribution in [0.2, 0.25) is 0 Å². The summed E-state index contributed by atoms with van der Waals surface area (Å²) in [6.07, 6.45) is 3.03. The van der Waals surface area contributed by atoms with Crippen molar-refractivity contribution in [2.24, 2.45) is 9.98 Å². The van der Waals surface area contributed by atoms with Gasteiger partial charge in [-0.25, -0.2) is 0 Å². The maximum absolute atomic E-state index is 11.8. The fourth-order valence-electron chi connectivity index (χ4n) is 2.40. The highest BCUT2D eigenvalue weighted by Crippen LogP contribution is 2.71. The SMILES string of the molecule is O=P12Oc3cc(C=NCCN=Cc4ccccc4O)c(O)c(c3O1)O2. The van der Waals surface area contributed by atoms with Crippen molar-refractivity contribution in [1.82, 2.24) is 0 Å². The summed E-state index contributed by atoms with van der Waals surface area (Å²) in [5.74, 6) is 0.415. The molecule has 2 heterocycles. The zero-order valence-electron chi connectivity index (χ0n) is 12.8. The number of rotatable bonds is 5. The van der Waals surface area contributed by atoms with E-state index in [1.54, 1.807) is 24.4 Å². The van der Waals surface area contributed by atoms with E-state index in [2.05, 4.69) is 9.98 Å². The molecular weight excluding hydrogens is 347 g/mol. The second-order valence-electron chi connectivity index (χ2n) is 5.32. The number of aromatic hydroxyl groups is 2. The Balaban J connectivity index is 1.39. The third-order valence-electron chi connectivity index (χ3n) is 3.58. The maximum atomic E-state index is 11.8. The van der Waals surface area contributed by atoms with E-state index in [1.165, 1.54) is 12.3 Å². The number of hydrogen-bond donors (Lipinski definition) is 2. The number of para-hydroxylation sites is 1. The summed E-state index contributed by atoms with van der Waals surface area (Å²) in [4.78, 5) is 8.36. The molecule has 2 bridgehead atoms. The van der Waals surface area contributed by atoms with Crippen LogP contribution in [-0.4, -0.2) is 35.7 Å². The van der Waals surface area contributed by atoms with Crippen molar-refractivity contribution in [1.29, 1.82) is 0 Å². The smallest absolute Gasteiger partial charge is 0.507 e. The molecule has 0 aromatic heterocycles. The summed E-state index contributed by atoms with van der Waals surface area (Å²) in [6.45, 7) is 0.793. The van der Waals surface area contributed by atoms with E-state index in [0.29, 0.717) is 24.2 Å².